The average molecular weight is 212 g/mol. The van der Waals surface area contributed by atoms with Gasteiger partial charge in [-0.05, 0) is 13.5 Å². The Morgan fingerprint density at radius 3 is 2.58 bits per heavy atom. The maximum atomic E-state index is 6.11. The molecule has 0 saturated carbocycles. The normalized spacial score (nSPS) is 13.8. The number of alkyl halides is 2. The van der Waals surface area contributed by atoms with Crippen molar-refractivity contribution in [2.24, 2.45) is 0 Å². The van der Waals surface area contributed by atoms with E-state index < -0.39 is 0 Å². The molecule has 3 heteroatoms. The van der Waals surface area contributed by atoms with Gasteiger partial charge in [0.25, 0.3) is 0 Å². The molecule has 0 aromatic carbocycles. The first-order valence-corrected chi connectivity index (χ1v) is 5.56. The fraction of sp³-hybridized carbons (Fsp3) is 1.00. The third kappa shape index (κ3) is 7.20. The molecule has 0 aromatic heterocycles. The SMILES string of the molecule is CCCC[C@@H](Cl)CN(C)CCCl. The number of rotatable bonds is 7. The third-order valence-corrected chi connectivity index (χ3v) is 2.37. The van der Waals surface area contributed by atoms with Gasteiger partial charge in [-0.2, -0.15) is 0 Å². The lowest BCUT2D eigenvalue weighted by Gasteiger charge is -2.18. The van der Waals surface area contributed by atoms with Gasteiger partial charge < -0.3 is 4.90 Å². The lowest BCUT2D eigenvalue weighted by Crippen LogP contribution is -2.27. The highest BCUT2D eigenvalue weighted by Gasteiger charge is 2.06. The van der Waals surface area contributed by atoms with Crippen molar-refractivity contribution >= 4 is 23.2 Å². The number of halogens is 2. The van der Waals surface area contributed by atoms with Gasteiger partial charge >= 0.3 is 0 Å². The first-order valence-electron chi connectivity index (χ1n) is 4.59. The second kappa shape index (κ2) is 8.15. The number of nitrogens with zero attached hydrogens (tertiary/aromatic N) is 1. The third-order valence-electron chi connectivity index (χ3n) is 1.85. The first kappa shape index (κ1) is 12.5. The Morgan fingerprint density at radius 1 is 1.42 bits per heavy atom. The fourth-order valence-electron chi connectivity index (χ4n) is 1.09. The Hall–Kier alpha value is 0.540. The Labute approximate surface area is 86.0 Å². The highest BCUT2D eigenvalue weighted by molar-refractivity contribution is 6.20. The predicted octanol–water partition coefficient (Wildman–Crippen LogP) is 2.95. The van der Waals surface area contributed by atoms with Crippen LogP contribution in [0.5, 0.6) is 0 Å². The van der Waals surface area contributed by atoms with Gasteiger partial charge in [-0.25, -0.2) is 0 Å². The average Bonchev–Trinajstić information content (AvgIpc) is 2.01. The fourth-order valence-corrected chi connectivity index (χ4v) is 1.77. The van der Waals surface area contributed by atoms with Crippen molar-refractivity contribution in [3.63, 3.8) is 0 Å². The van der Waals surface area contributed by atoms with Crippen LogP contribution >= 0.6 is 23.2 Å². The number of unbranched alkanes of at least 4 members (excludes halogenated alkanes) is 1. The summed E-state index contributed by atoms with van der Waals surface area (Å²) in [5.41, 5.74) is 0. The number of hydrogen-bond donors (Lipinski definition) is 0. The van der Waals surface area contributed by atoms with Crippen molar-refractivity contribution in [3.8, 4) is 0 Å². The molecule has 12 heavy (non-hydrogen) atoms. The zero-order valence-electron chi connectivity index (χ0n) is 8.02. The van der Waals surface area contributed by atoms with Crippen LogP contribution in [0.2, 0.25) is 0 Å². The van der Waals surface area contributed by atoms with E-state index in [1.54, 1.807) is 0 Å². The number of hydrogen-bond acceptors (Lipinski definition) is 1. The van der Waals surface area contributed by atoms with E-state index in [2.05, 4.69) is 18.9 Å². The van der Waals surface area contributed by atoms with Crippen molar-refractivity contribution in [2.75, 3.05) is 26.0 Å². The molecule has 0 N–H and O–H groups in total. The van der Waals surface area contributed by atoms with Crippen LogP contribution in [0.3, 0.4) is 0 Å². The van der Waals surface area contributed by atoms with Crippen LogP contribution in [0.1, 0.15) is 26.2 Å². The monoisotopic (exact) mass is 211 g/mol. The van der Waals surface area contributed by atoms with E-state index in [1.807, 2.05) is 0 Å². The molecule has 0 amide bonds. The minimum absolute atomic E-state index is 0.290. The Morgan fingerprint density at radius 2 is 2.08 bits per heavy atom. The standard InChI is InChI=1S/C9H19Cl2N/c1-3-4-5-9(11)8-12(2)7-6-10/h9H,3-8H2,1-2H3/t9-/m1/s1. The van der Waals surface area contributed by atoms with Gasteiger partial charge in [0.2, 0.25) is 0 Å². The molecule has 0 fully saturated rings. The molecule has 1 atom stereocenters. The van der Waals surface area contributed by atoms with E-state index in [9.17, 15) is 0 Å². The minimum Gasteiger partial charge on any atom is -0.304 e. The van der Waals surface area contributed by atoms with Gasteiger partial charge in [0.05, 0.1) is 0 Å². The molecule has 0 bridgehead atoms. The highest BCUT2D eigenvalue weighted by atomic mass is 35.5. The molecule has 0 rings (SSSR count). The molecule has 0 spiro atoms. The molecule has 0 saturated heterocycles. The van der Waals surface area contributed by atoms with E-state index in [4.69, 9.17) is 23.2 Å². The van der Waals surface area contributed by atoms with Crippen LogP contribution in [0.25, 0.3) is 0 Å². The molecule has 0 aliphatic carbocycles. The molecular weight excluding hydrogens is 193 g/mol. The van der Waals surface area contributed by atoms with E-state index in [1.165, 1.54) is 12.8 Å². The van der Waals surface area contributed by atoms with Crippen LogP contribution in [0, 0.1) is 0 Å². The topological polar surface area (TPSA) is 3.24 Å². The van der Waals surface area contributed by atoms with Gasteiger partial charge in [-0.15, -0.1) is 23.2 Å². The quantitative estimate of drug-likeness (QED) is 0.586. The van der Waals surface area contributed by atoms with Crippen LogP contribution in [0.15, 0.2) is 0 Å². The van der Waals surface area contributed by atoms with E-state index in [0.717, 1.165) is 19.5 Å². The van der Waals surface area contributed by atoms with Crippen LogP contribution in [-0.4, -0.2) is 36.3 Å². The summed E-state index contributed by atoms with van der Waals surface area (Å²) in [7, 11) is 2.06. The summed E-state index contributed by atoms with van der Waals surface area (Å²) in [5.74, 6) is 0.688. The smallest absolute Gasteiger partial charge is 0.0463 e. The molecule has 0 aliphatic heterocycles. The van der Waals surface area contributed by atoms with E-state index >= 15 is 0 Å². The molecule has 0 unspecified atom stereocenters. The molecule has 0 radical (unpaired) electrons. The first-order chi connectivity index (χ1) is 5.70. The Bertz CT molecular complexity index is 98.5. The second-order valence-electron chi connectivity index (χ2n) is 3.19. The van der Waals surface area contributed by atoms with Crippen molar-refractivity contribution in [1.82, 2.24) is 4.90 Å². The van der Waals surface area contributed by atoms with E-state index in [-0.39, 0.29) is 5.38 Å². The lowest BCUT2D eigenvalue weighted by molar-refractivity contribution is 0.346. The largest absolute Gasteiger partial charge is 0.304 e. The van der Waals surface area contributed by atoms with Crippen molar-refractivity contribution in [3.05, 3.63) is 0 Å². The molecule has 0 heterocycles. The molecule has 0 aliphatic rings. The zero-order valence-corrected chi connectivity index (χ0v) is 9.53. The summed E-state index contributed by atoms with van der Waals surface area (Å²) in [6.07, 6.45) is 3.57. The van der Waals surface area contributed by atoms with Gasteiger partial charge in [-0.1, -0.05) is 19.8 Å². The summed E-state index contributed by atoms with van der Waals surface area (Å²) >= 11 is 11.7. The Kier molecular flexibility index (Phi) is 8.52. The maximum absolute atomic E-state index is 6.11. The van der Waals surface area contributed by atoms with Crippen molar-refractivity contribution in [2.45, 2.75) is 31.6 Å². The second-order valence-corrected chi connectivity index (χ2v) is 4.19. The van der Waals surface area contributed by atoms with Gasteiger partial charge in [0.15, 0.2) is 0 Å². The summed E-state index contributed by atoms with van der Waals surface area (Å²) in [6.45, 7) is 4.07. The van der Waals surface area contributed by atoms with Crippen molar-refractivity contribution < 1.29 is 0 Å². The predicted molar refractivity (Wildman–Crippen MR) is 57.4 cm³/mol. The molecule has 1 nitrogen and oxygen atoms in total. The summed E-state index contributed by atoms with van der Waals surface area (Å²) in [4.78, 5) is 2.18. The minimum atomic E-state index is 0.290. The summed E-state index contributed by atoms with van der Waals surface area (Å²) < 4.78 is 0. The molecule has 0 aromatic rings. The van der Waals surface area contributed by atoms with Gasteiger partial charge in [-0.3, -0.25) is 0 Å². The summed E-state index contributed by atoms with van der Waals surface area (Å²) in [5, 5.41) is 0.290. The zero-order chi connectivity index (χ0) is 9.40. The van der Waals surface area contributed by atoms with Crippen LogP contribution < -0.4 is 0 Å². The lowest BCUT2D eigenvalue weighted by atomic mass is 10.2. The summed E-state index contributed by atoms with van der Waals surface area (Å²) in [6, 6.07) is 0. The van der Waals surface area contributed by atoms with Crippen LogP contribution in [-0.2, 0) is 0 Å². The van der Waals surface area contributed by atoms with E-state index in [0.29, 0.717) is 5.88 Å². The highest BCUT2D eigenvalue weighted by Crippen LogP contribution is 2.08. The Balaban J connectivity index is 3.33. The molecular formula is C9H19Cl2N. The maximum Gasteiger partial charge on any atom is 0.0463 e. The van der Waals surface area contributed by atoms with Crippen LogP contribution in [0.4, 0.5) is 0 Å². The molecule has 74 valence electrons. The van der Waals surface area contributed by atoms with Gasteiger partial charge in [0.1, 0.15) is 0 Å². The van der Waals surface area contributed by atoms with Crippen molar-refractivity contribution in [1.29, 1.82) is 0 Å². The van der Waals surface area contributed by atoms with Gasteiger partial charge in [0, 0.05) is 24.3 Å².